The van der Waals surface area contributed by atoms with Gasteiger partial charge in [-0.25, -0.2) is 0 Å². The molecule has 17 heavy (non-hydrogen) atoms. The number of hydrogen-bond donors (Lipinski definition) is 1. The molecule has 0 aromatic heterocycles. The quantitative estimate of drug-likeness (QED) is 0.795. The van der Waals surface area contributed by atoms with Gasteiger partial charge in [0.1, 0.15) is 5.41 Å². The van der Waals surface area contributed by atoms with Crippen molar-refractivity contribution >= 4 is 5.91 Å². The Morgan fingerprint density at radius 3 is 2.76 bits per heavy atom. The maximum Gasteiger partial charge on any atom is 0.240 e. The van der Waals surface area contributed by atoms with Gasteiger partial charge in [0.05, 0.1) is 6.07 Å². The van der Waals surface area contributed by atoms with E-state index >= 15 is 0 Å². The van der Waals surface area contributed by atoms with Gasteiger partial charge in [-0.1, -0.05) is 0 Å². The van der Waals surface area contributed by atoms with Gasteiger partial charge in [-0.05, 0) is 45.6 Å². The molecule has 0 aromatic rings. The molecule has 1 N–H and O–H groups in total. The predicted molar refractivity (Wildman–Crippen MR) is 65.1 cm³/mol. The highest BCUT2D eigenvalue weighted by atomic mass is 16.2. The first-order valence-electron chi connectivity index (χ1n) is 6.51. The summed E-state index contributed by atoms with van der Waals surface area (Å²) in [5.41, 5.74) is -0.670. The lowest BCUT2D eigenvalue weighted by molar-refractivity contribution is -0.124. The second-order valence-corrected chi connectivity index (χ2v) is 5.65. The first-order valence-corrected chi connectivity index (χ1v) is 6.51. The van der Waals surface area contributed by atoms with E-state index in [9.17, 15) is 4.79 Å². The van der Waals surface area contributed by atoms with Crippen LogP contribution < -0.4 is 5.32 Å². The fourth-order valence-corrected chi connectivity index (χ4v) is 2.42. The van der Waals surface area contributed by atoms with E-state index in [0.717, 1.165) is 38.9 Å². The molecule has 1 unspecified atom stereocenters. The molecule has 2 fully saturated rings. The highest BCUT2D eigenvalue weighted by molar-refractivity contribution is 5.88. The largest absolute Gasteiger partial charge is 0.354 e. The number of nitrogens with one attached hydrogen (secondary N) is 1. The number of carbonyl (C=O) groups is 1. The Labute approximate surface area is 103 Å². The smallest absolute Gasteiger partial charge is 0.240 e. The van der Waals surface area contributed by atoms with Crippen molar-refractivity contribution < 1.29 is 4.79 Å². The van der Waals surface area contributed by atoms with Crippen LogP contribution in [0.2, 0.25) is 0 Å². The van der Waals surface area contributed by atoms with Crippen molar-refractivity contribution in [2.45, 2.75) is 39.2 Å². The minimum Gasteiger partial charge on any atom is -0.354 e. The van der Waals surface area contributed by atoms with Gasteiger partial charge in [-0.3, -0.25) is 4.79 Å². The summed E-state index contributed by atoms with van der Waals surface area (Å²) in [4.78, 5) is 14.2. The molecule has 1 heterocycles. The number of nitrogens with zero attached hydrogens (tertiary/aromatic N) is 2. The lowest BCUT2D eigenvalue weighted by Gasteiger charge is -2.20. The molecule has 1 saturated carbocycles. The van der Waals surface area contributed by atoms with Crippen molar-refractivity contribution in [1.29, 1.82) is 5.26 Å². The lowest BCUT2D eigenvalue weighted by Crippen LogP contribution is -2.36. The Hall–Kier alpha value is -1.08. The zero-order valence-corrected chi connectivity index (χ0v) is 10.7. The van der Waals surface area contributed by atoms with Crippen molar-refractivity contribution in [3.63, 3.8) is 0 Å². The van der Waals surface area contributed by atoms with E-state index in [1.165, 1.54) is 0 Å². The zero-order valence-electron chi connectivity index (χ0n) is 10.7. The SMILES string of the molecule is CC(C)N1CCC(CNC(=O)C2(C#N)CC2)C1. The highest BCUT2D eigenvalue weighted by Crippen LogP contribution is 2.45. The van der Waals surface area contributed by atoms with E-state index in [1.54, 1.807) is 0 Å². The molecule has 1 amide bonds. The van der Waals surface area contributed by atoms with Crippen LogP contribution in [0.25, 0.3) is 0 Å². The summed E-state index contributed by atoms with van der Waals surface area (Å²) in [6.45, 7) is 7.33. The average Bonchev–Trinajstić information content (AvgIpc) is 2.97. The van der Waals surface area contributed by atoms with E-state index in [4.69, 9.17) is 5.26 Å². The maximum atomic E-state index is 11.8. The number of hydrogen-bond acceptors (Lipinski definition) is 3. The second kappa shape index (κ2) is 4.66. The molecule has 0 bridgehead atoms. The van der Waals surface area contributed by atoms with Crippen LogP contribution in [0.4, 0.5) is 0 Å². The molecular formula is C13H21N3O. The fraction of sp³-hybridized carbons (Fsp3) is 0.846. The molecule has 0 aromatic carbocycles. The standard InChI is InChI=1S/C13H21N3O/c1-10(2)16-6-3-11(8-16)7-15-12(17)13(9-14)4-5-13/h10-11H,3-8H2,1-2H3,(H,15,17). The third kappa shape index (κ3) is 2.61. The molecule has 1 aliphatic heterocycles. The summed E-state index contributed by atoms with van der Waals surface area (Å²) >= 11 is 0. The summed E-state index contributed by atoms with van der Waals surface area (Å²) in [6.07, 6.45) is 2.62. The molecule has 1 aliphatic carbocycles. The third-order valence-electron chi connectivity index (χ3n) is 4.00. The summed E-state index contributed by atoms with van der Waals surface area (Å²) in [6, 6.07) is 2.72. The number of carbonyl (C=O) groups excluding carboxylic acids is 1. The first-order chi connectivity index (χ1) is 8.07. The summed E-state index contributed by atoms with van der Waals surface area (Å²) < 4.78 is 0. The first kappa shape index (κ1) is 12.4. The van der Waals surface area contributed by atoms with E-state index in [2.05, 4.69) is 30.1 Å². The van der Waals surface area contributed by atoms with E-state index in [1.807, 2.05) is 0 Å². The van der Waals surface area contributed by atoms with Crippen LogP contribution in [0, 0.1) is 22.7 Å². The average molecular weight is 235 g/mol. The minimum absolute atomic E-state index is 0.0528. The predicted octanol–water partition coefficient (Wildman–Crippen LogP) is 1.14. The van der Waals surface area contributed by atoms with E-state index in [0.29, 0.717) is 12.0 Å². The Morgan fingerprint density at radius 1 is 1.59 bits per heavy atom. The molecule has 4 heteroatoms. The molecule has 0 spiro atoms. The zero-order chi connectivity index (χ0) is 12.5. The van der Waals surface area contributed by atoms with Gasteiger partial charge in [0, 0.05) is 19.1 Å². The van der Waals surface area contributed by atoms with Crippen LogP contribution in [0.3, 0.4) is 0 Å². The highest BCUT2D eigenvalue weighted by Gasteiger charge is 2.50. The van der Waals surface area contributed by atoms with Crippen LogP contribution in [0.1, 0.15) is 33.1 Å². The van der Waals surface area contributed by atoms with Gasteiger partial charge in [0.25, 0.3) is 0 Å². The fourth-order valence-electron chi connectivity index (χ4n) is 2.42. The molecule has 94 valence electrons. The van der Waals surface area contributed by atoms with Crippen molar-refractivity contribution in [1.82, 2.24) is 10.2 Å². The molecule has 2 rings (SSSR count). The topological polar surface area (TPSA) is 56.1 Å². The van der Waals surface area contributed by atoms with Crippen molar-refractivity contribution in [3.05, 3.63) is 0 Å². The number of nitriles is 1. The van der Waals surface area contributed by atoms with Crippen LogP contribution in [0.15, 0.2) is 0 Å². The summed E-state index contributed by atoms with van der Waals surface area (Å²) in [5, 5.41) is 11.9. The van der Waals surface area contributed by atoms with Crippen molar-refractivity contribution in [2.24, 2.45) is 11.3 Å². The molecule has 1 atom stereocenters. The lowest BCUT2D eigenvalue weighted by atomic mass is 10.1. The van der Waals surface area contributed by atoms with Crippen molar-refractivity contribution in [3.8, 4) is 6.07 Å². The van der Waals surface area contributed by atoms with Crippen LogP contribution in [0.5, 0.6) is 0 Å². The van der Waals surface area contributed by atoms with Gasteiger partial charge >= 0.3 is 0 Å². The van der Waals surface area contributed by atoms with Gasteiger partial charge in [-0.2, -0.15) is 5.26 Å². The van der Waals surface area contributed by atoms with Crippen LogP contribution >= 0.6 is 0 Å². The van der Waals surface area contributed by atoms with Gasteiger partial charge < -0.3 is 10.2 Å². The van der Waals surface area contributed by atoms with Gasteiger partial charge in [-0.15, -0.1) is 0 Å². The molecule has 1 saturated heterocycles. The molecule has 4 nitrogen and oxygen atoms in total. The summed E-state index contributed by atoms with van der Waals surface area (Å²) in [7, 11) is 0. The van der Waals surface area contributed by atoms with Gasteiger partial charge in [0.15, 0.2) is 0 Å². The molecule has 0 radical (unpaired) electrons. The van der Waals surface area contributed by atoms with Gasteiger partial charge in [0.2, 0.25) is 5.91 Å². The monoisotopic (exact) mass is 235 g/mol. The second-order valence-electron chi connectivity index (χ2n) is 5.65. The molecule has 2 aliphatic rings. The van der Waals surface area contributed by atoms with Crippen LogP contribution in [-0.2, 0) is 4.79 Å². The normalized spacial score (nSPS) is 26.8. The third-order valence-corrected chi connectivity index (χ3v) is 4.00. The number of likely N-dealkylation sites (tertiary alicyclic amines) is 1. The van der Waals surface area contributed by atoms with Crippen molar-refractivity contribution in [2.75, 3.05) is 19.6 Å². The minimum atomic E-state index is -0.670. The number of rotatable bonds is 4. The van der Waals surface area contributed by atoms with E-state index < -0.39 is 5.41 Å². The Bertz CT molecular complexity index is 341. The Balaban J connectivity index is 1.73. The molecular weight excluding hydrogens is 214 g/mol. The summed E-state index contributed by atoms with van der Waals surface area (Å²) in [5.74, 6) is 0.499. The van der Waals surface area contributed by atoms with Crippen LogP contribution in [-0.4, -0.2) is 36.5 Å². The number of amides is 1. The maximum absolute atomic E-state index is 11.8. The van der Waals surface area contributed by atoms with E-state index in [-0.39, 0.29) is 5.91 Å². The Morgan fingerprint density at radius 2 is 2.29 bits per heavy atom. The Kier molecular flexibility index (Phi) is 3.39.